The van der Waals surface area contributed by atoms with Crippen LogP contribution >= 0.6 is 12.4 Å². The molecule has 0 aromatic heterocycles. The Hall–Kier alpha value is -1.44. The quantitative estimate of drug-likeness (QED) is 0.841. The van der Waals surface area contributed by atoms with Crippen LogP contribution in [0, 0.1) is 5.41 Å². The highest BCUT2D eigenvalue weighted by atomic mass is 35.5. The fourth-order valence-electron chi connectivity index (χ4n) is 3.75. The lowest BCUT2D eigenvalue weighted by Gasteiger charge is -2.37. The highest BCUT2D eigenvalue weighted by Gasteiger charge is 2.41. The minimum absolute atomic E-state index is 0. The van der Waals surface area contributed by atoms with Crippen molar-refractivity contribution < 1.29 is 18.3 Å². The van der Waals surface area contributed by atoms with E-state index in [1.54, 1.807) is 17.0 Å². The molecule has 1 aromatic carbocycles. The minimum Gasteiger partial charge on any atom is -0.435 e. The predicted molar refractivity (Wildman–Crippen MR) is 99.0 cm³/mol. The van der Waals surface area contributed by atoms with E-state index in [1.165, 1.54) is 12.1 Å². The topological polar surface area (TPSA) is 58.8 Å². The number of nitrogens with zero attached hydrogens (tertiary/aromatic N) is 2. The number of piperidine rings is 1. The summed E-state index contributed by atoms with van der Waals surface area (Å²) < 4.78 is 28.9. The maximum Gasteiger partial charge on any atom is 0.387 e. The van der Waals surface area contributed by atoms with Crippen molar-refractivity contribution >= 4 is 24.0 Å². The molecule has 3 rings (SSSR count). The molecule has 0 aliphatic carbocycles. The van der Waals surface area contributed by atoms with Gasteiger partial charge in [-0.15, -0.1) is 12.4 Å². The molecular formula is C18H26ClF2N3O2. The van der Waals surface area contributed by atoms with Gasteiger partial charge in [-0.25, -0.2) is 0 Å². The largest absolute Gasteiger partial charge is 0.435 e. The van der Waals surface area contributed by atoms with Crippen LogP contribution in [0.4, 0.5) is 14.5 Å². The van der Waals surface area contributed by atoms with E-state index in [1.807, 2.05) is 0 Å². The van der Waals surface area contributed by atoms with E-state index in [4.69, 9.17) is 5.73 Å². The number of hydrogen-bond donors (Lipinski definition) is 1. The zero-order valence-electron chi connectivity index (χ0n) is 14.9. The molecule has 0 bridgehead atoms. The number of halogens is 3. The summed E-state index contributed by atoms with van der Waals surface area (Å²) >= 11 is 0. The van der Waals surface area contributed by atoms with Crippen LogP contribution in [0.5, 0.6) is 5.75 Å². The number of nitrogens with two attached hydrogens (primary N) is 1. The predicted octanol–water partition coefficient (Wildman–Crippen LogP) is 2.88. The summed E-state index contributed by atoms with van der Waals surface area (Å²) in [5, 5.41) is 0. The number of hydrogen-bond acceptors (Lipinski definition) is 4. The summed E-state index contributed by atoms with van der Waals surface area (Å²) in [4.78, 5) is 17.0. The molecule has 2 fully saturated rings. The molecule has 2 unspecified atom stereocenters. The molecular weight excluding hydrogens is 364 g/mol. The molecule has 2 heterocycles. The van der Waals surface area contributed by atoms with Crippen molar-refractivity contribution in [2.45, 2.75) is 38.8 Å². The fourth-order valence-corrected chi connectivity index (χ4v) is 3.75. The highest BCUT2D eigenvalue weighted by Crippen LogP contribution is 2.33. The van der Waals surface area contributed by atoms with Gasteiger partial charge in [0.15, 0.2) is 0 Å². The van der Waals surface area contributed by atoms with Gasteiger partial charge in [0.1, 0.15) is 5.75 Å². The molecule has 2 aliphatic heterocycles. The van der Waals surface area contributed by atoms with E-state index in [-0.39, 0.29) is 35.5 Å². The Kier molecular flexibility index (Phi) is 6.82. The van der Waals surface area contributed by atoms with E-state index >= 15 is 0 Å². The zero-order chi connectivity index (χ0) is 18.0. The molecule has 2 aliphatic rings. The molecule has 146 valence electrons. The van der Waals surface area contributed by atoms with Crippen molar-refractivity contribution in [3.05, 3.63) is 24.3 Å². The second-order valence-electron chi connectivity index (χ2n) is 7.26. The second kappa shape index (κ2) is 8.50. The molecule has 2 N–H and O–H groups in total. The maximum atomic E-state index is 13.0. The molecule has 0 radical (unpaired) electrons. The number of likely N-dealkylation sites (tertiary alicyclic amines) is 1. The lowest BCUT2D eigenvalue weighted by molar-refractivity contribution is -0.125. The van der Waals surface area contributed by atoms with Crippen molar-refractivity contribution in [1.29, 1.82) is 0 Å². The van der Waals surface area contributed by atoms with Gasteiger partial charge in [-0.2, -0.15) is 8.78 Å². The summed E-state index contributed by atoms with van der Waals surface area (Å²) in [6.07, 6.45) is 2.77. The first kappa shape index (κ1) is 20.9. The van der Waals surface area contributed by atoms with Crippen LogP contribution in [-0.4, -0.2) is 49.6 Å². The number of carbonyl (C=O) groups excluding carboxylic acids is 1. The highest BCUT2D eigenvalue weighted by molar-refractivity contribution is 5.98. The van der Waals surface area contributed by atoms with Gasteiger partial charge in [-0.05, 0) is 62.0 Å². The lowest BCUT2D eigenvalue weighted by Crippen LogP contribution is -2.52. The van der Waals surface area contributed by atoms with Crippen molar-refractivity contribution in [3.8, 4) is 5.75 Å². The standard InChI is InChI=1S/C18H25F2N3O2.ClH/c1-18(11-21)8-10-22(12-18)15-3-2-9-23(16(15)24)13-4-6-14(7-5-13)25-17(19)20;/h4-7,15,17H,2-3,8-12,21H2,1H3;1H. The second-order valence-corrected chi connectivity index (χ2v) is 7.26. The van der Waals surface area contributed by atoms with E-state index in [0.717, 1.165) is 38.0 Å². The SMILES string of the molecule is CC1(CN)CCN(C2CCCN(c3ccc(OC(F)F)cc3)C2=O)C1.Cl. The van der Waals surface area contributed by atoms with Crippen molar-refractivity contribution in [1.82, 2.24) is 4.90 Å². The number of ether oxygens (including phenoxy) is 1. The van der Waals surface area contributed by atoms with Gasteiger partial charge in [0.05, 0.1) is 6.04 Å². The minimum atomic E-state index is -2.85. The van der Waals surface area contributed by atoms with Gasteiger partial charge in [0.2, 0.25) is 5.91 Å². The normalized spacial score (nSPS) is 26.9. The van der Waals surface area contributed by atoms with Crippen LogP contribution < -0.4 is 15.4 Å². The average Bonchev–Trinajstić information content (AvgIpc) is 2.98. The Labute approximate surface area is 158 Å². The monoisotopic (exact) mass is 389 g/mol. The number of benzene rings is 1. The summed E-state index contributed by atoms with van der Waals surface area (Å²) in [5.74, 6) is 0.174. The van der Waals surface area contributed by atoms with Crippen molar-refractivity contribution in [3.63, 3.8) is 0 Å². The zero-order valence-corrected chi connectivity index (χ0v) is 15.7. The first-order chi connectivity index (χ1) is 11.9. The van der Waals surface area contributed by atoms with E-state index < -0.39 is 6.61 Å². The Morgan fingerprint density at radius 1 is 1.31 bits per heavy atom. The Morgan fingerprint density at radius 2 is 2.00 bits per heavy atom. The van der Waals surface area contributed by atoms with E-state index in [2.05, 4.69) is 16.6 Å². The Bertz CT molecular complexity index is 617. The van der Waals surface area contributed by atoms with Crippen LogP contribution in [0.25, 0.3) is 0 Å². The summed E-state index contributed by atoms with van der Waals surface area (Å²) in [6.45, 7) is 2.32. The van der Waals surface area contributed by atoms with Crippen LogP contribution in [0.3, 0.4) is 0 Å². The first-order valence-electron chi connectivity index (χ1n) is 8.72. The molecule has 1 aromatic rings. The third kappa shape index (κ3) is 4.45. The third-order valence-corrected chi connectivity index (χ3v) is 5.30. The Morgan fingerprint density at radius 3 is 2.58 bits per heavy atom. The number of amides is 1. The third-order valence-electron chi connectivity index (χ3n) is 5.30. The van der Waals surface area contributed by atoms with Crippen LogP contribution in [-0.2, 0) is 4.79 Å². The molecule has 1 amide bonds. The van der Waals surface area contributed by atoms with E-state index in [9.17, 15) is 13.6 Å². The molecule has 2 saturated heterocycles. The number of carbonyl (C=O) groups is 1. The number of alkyl halides is 2. The Balaban J connectivity index is 0.00000243. The first-order valence-corrected chi connectivity index (χ1v) is 8.72. The van der Waals surface area contributed by atoms with E-state index in [0.29, 0.717) is 13.1 Å². The van der Waals surface area contributed by atoms with Crippen molar-refractivity contribution in [2.75, 3.05) is 31.1 Å². The van der Waals surface area contributed by atoms with Gasteiger partial charge in [-0.3, -0.25) is 9.69 Å². The average molecular weight is 390 g/mol. The van der Waals surface area contributed by atoms with Gasteiger partial charge in [-0.1, -0.05) is 6.92 Å². The molecule has 8 heteroatoms. The lowest BCUT2D eigenvalue weighted by atomic mass is 9.90. The van der Waals surface area contributed by atoms with Crippen molar-refractivity contribution in [2.24, 2.45) is 11.1 Å². The molecule has 26 heavy (non-hydrogen) atoms. The summed E-state index contributed by atoms with van der Waals surface area (Å²) in [6, 6.07) is 6.14. The summed E-state index contributed by atoms with van der Waals surface area (Å²) in [7, 11) is 0. The van der Waals surface area contributed by atoms with Crippen LogP contribution in [0.15, 0.2) is 24.3 Å². The number of rotatable bonds is 5. The van der Waals surface area contributed by atoms with Gasteiger partial charge in [0.25, 0.3) is 0 Å². The van der Waals surface area contributed by atoms with Crippen LogP contribution in [0.2, 0.25) is 0 Å². The van der Waals surface area contributed by atoms with Crippen LogP contribution in [0.1, 0.15) is 26.2 Å². The summed E-state index contributed by atoms with van der Waals surface area (Å²) in [5.41, 5.74) is 6.67. The maximum absolute atomic E-state index is 13.0. The molecule has 0 spiro atoms. The smallest absolute Gasteiger partial charge is 0.387 e. The van der Waals surface area contributed by atoms with Gasteiger partial charge < -0.3 is 15.4 Å². The fraction of sp³-hybridized carbons (Fsp3) is 0.611. The molecule has 2 atom stereocenters. The molecule has 0 saturated carbocycles. The van der Waals surface area contributed by atoms with Gasteiger partial charge in [0, 0.05) is 18.8 Å². The molecule has 5 nitrogen and oxygen atoms in total. The van der Waals surface area contributed by atoms with Gasteiger partial charge >= 0.3 is 6.61 Å². The number of anilines is 1.